The van der Waals surface area contributed by atoms with Gasteiger partial charge in [-0.1, -0.05) is 0 Å². The van der Waals surface area contributed by atoms with Crippen molar-refractivity contribution < 1.29 is 14.7 Å². The van der Waals surface area contributed by atoms with Gasteiger partial charge < -0.3 is 10.4 Å². The average molecular weight is 212 g/mol. The van der Waals surface area contributed by atoms with E-state index < -0.39 is 12.4 Å². The molecule has 0 aromatic heterocycles. The van der Waals surface area contributed by atoms with Crippen molar-refractivity contribution in [3.8, 4) is 0 Å². The van der Waals surface area contributed by atoms with Crippen LogP contribution in [0.4, 0.5) is 0 Å². The van der Waals surface area contributed by atoms with Gasteiger partial charge in [0.05, 0.1) is 0 Å². The third kappa shape index (κ3) is 2.28. The second-order valence-corrected chi connectivity index (χ2v) is 4.28. The van der Waals surface area contributed by atoms with Crippen LogP contribution in [0.2, 0.25) is 0 Å². The van der Waals surface area contributed by atoms with E-state index in [4.69, 9.17) is 5.11 Å². The number of carboxylic acid groups (broad SMARTS) is 1. The fourth-order valence-corrected chi connectivity index (χ4v) is 2.65. The van der Waals surface area contributed by atoms with Gasteiger partial charge in [0.25, 0.3) is 0 Å². The second kappa shape index (κ2) is 4.18. The Kier molecular flexibility index (Phi) is 2.90. The first-order chi connectivity index (χ1) is 7.16. The predicted octanol–water partition coefficient (Wildman–Crippen LogP) is -0.186. The van der Waals surface area contributed by atoms with Crippen molar-refractivity contribution >= 4 is 11.9 Å². The van der Waals surface area contributed by atoms with Crippen LogP contribution in [0, 0.1) is 0 Å². The summed E-state index contributed by atoms with van der Waals surface area (Å²) in [5, 5.41) is 11.3. The lowest BCUT2D eigenvalue weighted by Gasteiger charge is -2.20. The molecule has 2 aliphatic heterocycles. The van der Waals surface area contributed by atoms with Crippen LogP contribution in [0.3, 0.4) is 0 Å². The molecular weight excluding hydrogens is 196 g/mol. The SMILES string of the molecule is O=C(O)CC(=O)NC1CCN2CCCC12. The van der Waals surface area contributed by atoms with Crippen molar-refractivity contribution in [3.63, 3.8) is 0 Å². The number of carboxylic acids is 1. The molecule has 0 radical (unpaired) electrons. The van der Waals surface area contributed by atoms with E-state index >= 15 is 0 Å². The average Bonchev–Trinajstić information content (AvgIpc) is 2.68. The highest BCUT2D eigenvalue weighted by Gasteiger charge is 2.37. The van der Waals surface area contributed by atoms with Crippen LogP contribution in [0.1, 0.15) is 25.7 Å². The predicted molar refractivity (Wildman–Crippen MR) is 53.4 cm³/mol. The molecule has 2 unspecified atom stereocenters. The molecule has 0 bridgehead atoms. The third-order valence-electron chi connectivity index (χ3n) is 3.26. The van der Waals surface area contributed by atoms with Crippen LogP contribution < -0.4 is 5.32 Å². The molecule has 0 saturated carbocycles. The van der Waals surface area contributed by atoms with Crippen LogP contribution in [-0.2, 0) is 9.59 Å². The Morgan fingerprint density at radius 2 is 2.13 bits per heavy atom. The Labute approximate surface area is 88.4 Å². The molecule has 2 N–H and O–H groups in total. The summed E-state index contributed by atoms with van der Waals surface area (Å²) in [6.07, 6.45) is 2.85. The minimum absolute atomic E-state index is 0.166. The maximum absolute atomic E-state index is 11.3. The molecule has 5 nitrogen and oxygen atoms in total. The molecule has 1 amide bonds. The highest BCUT2D eigenvalue weighted by atomic mass is 16.4. The first-order valence-electron chi connectivity index (χ1n) is 5.42. The smallest absolute Gasteiger partial charge is 0.312 e. The number of hydrogen-bond acceptors (Lipinski definition) is 3. The standard InChI is InChI=1S/C10H16N2O3/c13-9(6-10(14)15)11-7-3-5-12-4-1-2-8(7)12/h7-8H,1-6H2,(H,11,13)(H,14,15). The first kappa shape index (κ1) is 10.4. The van der Waals surface area contributed by atoms with Crippen LogP contribution in [-0.4, -0.2) is 47.1 Å². The molecule has 0 aliphatic carbocycles. The summed E-state index contributed by atoms with van der Waals surface area (Å²) < 4.78 is 0. The summed E-state index contributed by atoms with van der Waals surface area (Å²) in [6, 6.07) is 0.613. The minimum atomic E-state index is -1.06. The third-order valence-corrected chi connectivity index (χ3v) is 3.26. The fraction of sp³-hybridized carbons (Fsp3) is 0.800. The fourth-order valence-electron chi connectivity index (χ4n) is 2.65. The number of aliphatic carboxylic acids is 1. The van der Waals surface area contributed by atoms with Gasteiger partial charge in [-0.25, -0.2) is 0 Å². The zero-order chi connectivity index (χ0) is 10.8. The van der Waals surface area contributed by atoms with Gasteiger partial charge in [-0.3, -0.25) is 14.5 Å². The summed E-state index contributed by atoms with van der Waals surface area (Å²) in [6.45, 7) is 2.15. The monoisotopic (exact) mass is 212 g/mol. The van der Waals surface area contributed by atoms with Crippen molar-refractivity contribution in [1.82, 2.24) is 10.2 Å². The first-order valence-corrected chi connectivity index (χ1v) is 5.42. The molecule has 2 atom stereocenters. The van der Waals surface area contributed by atoms with Crippen molar-refractivity contribution in [2.75, 3.05) is 13.1 Å². The summed E-state index contributed by atoms with van der Waals surface area (Å²) in [4.78, 5) is 24.0. The molecule has 2 fully saturated rings. The van der Waals surface area contributed by atoms with Crippen LogP contribution in [0.5, 0.6) is 0 Å². The highest BCUT2D eigenvalue weighted by Crippen LogP contribution is 2.27. The summed E-state index contributed by atoms with van der Waals surface area (Å²) in [7, 11) is 0. The zero-order valence-corrected chi connectivity index (χ0v) is 8.61. The van der Waals surface area contributed by atoms with E-state index in [0.29, 0.717) is 6.04 Å². The summed E-state index contributed by atoms with van der Waals surface area (Å²) in [5.41, 5.74) is 0. The van der Waals surface area contributed by atoms with Gasteiger partial charge in [-0.2, -0.15) is 0 Å². The number of nitrogens with zero attached hydrogens (tertiary/aromatic N) is 1. The molecule has 0 spiro atoms. The van der Waals surface area contributed by atoms with Crippen molar-refractivity contribution in [2.24, 2.45) is 0 Å². The van der Waals surface area contributed by atoms with E-state index in [-0.39, 0.29) is 11.9 Å². The van der Waals surface area contributed by atoms with Crippen LogP contribution in [0.25, 0.3) is 0 Å². The molecule has 84 valence electrons. The number of carbonyl (C=O) groups is 2. The molecule has 0 aromatic carbocycles. The van der Waals surface area contributed by atoms with E-state index in [1.54, 1.807) is 0 Å². The number of carbonyl (C=O) groups excluding carboxylic acids is 1. The largest absolute Gasteiger partial charge is 0.481 e. The number of nitrogens with one attached hydrogen (secondary N) is 1. The lowest BCUT2D eigenvalue weighted by Crippen LogP contribution is -2.42. The van der Waals surface area contributed by atoms with Gasteiger partial charge in [0.15, 0.2) is 0 Å². The zero-order valence-electron chi connectivity index (χ0n) is 8.61. The normalized spacial score (nSPS) is 30.1. The van der Waals surface area contributed by atoms with E-state index in [1.807, 2.05) is 0 Å². The van der Waals surface area contributed by atoms with Gasteiger partial charge in [0.2, 0.25) is 5.91 Å². The highest BCUT2D eigenvalue weighted by molar-refractivity contribution is 5.93. The van der Waals surface area contributed by atoms with Crippen LogP contribution >= 0.6 is 0 Å². The Balaban J connectivity index is 1.84. The lowest BCUT2D eigenvalue weighted by molar-refractivity contribution is -0.140. The van der Waals surface area contributed by atoms with E-state index in [1.165, 1.54) is 6.42 Å². The van der Waals surface area contributed by atoms with E-state index in [2.05, 4.69) is 10.2 Å². The number of amides is 1. The molecular formula is C10H16N2O3. The van der Waals surface area contributed by atoms with Crippen molar-refractivity contribution in [1.29, 1.82) is 0 Å². The second-order valence-electron chi connectivity index (χ2n) is 4.28. The topological polar surface area (TPSA) is 69.6 Å². The Hall–Kier alpha value is -1.10. The van der Waals surface area contributed by atoms with Gasteiger partial charge in [-0.15, -0.1) is 0 Å². The van der Waals surface area contributed by atoms with E-state index in [9.17, 15) is 9.59 Å². The van der Waals surface area contributed by atoms with Gasteiger partial charge in [-0.05, 0) is 25.8 Å². The molecule has 5 heteroatoms. The molecule has 2 rings (SSSR count). The van der Waals surface area contributed by atoms with Gasteiger partial charge >= 0.3 is 5.97 Å². The summed E-state index contributed by atoms with van der Waals surface area (Å²) >= 11 is 0. The Bertz CT molecular complexity index is 280. The Morgan fingerprint density at radius 1 is 1.33 bits per heavy atom. The maximum Gasteiger partial charge on any atom is 0.312 e. The van der Waals surface area contributed by atoms with Crippen LogP contribution in [0.15, 0.2) is 0 Å². The van der Waals surface area contributed by atoms with Crippen molar-refractivity contribution in [2.45, 2.75) is 37.8 Å². The quantitative estimate of drug-likeness (QED) is 0.636. The number of hydrogen-bond donors (Lipinski definition) is 2. The summed E-state index contributed by atoms with van der Waals surface area (Å²) in [5.74, 6) is -1.42. The van der Waals surface area contributed by atoms with E-state index in [0.717, 1.165) is 25.9 Å². The van der Waals surface area contributed by atoms with Crippen molar-refractivity contribution in [3.05, 3.63) is 0 Å². The van der Waals surface area contributed by atoms with Gasteiger partial charge in [0.1, 0.15) is 6.42 Å². The maximum atomic E-state index is 11.3. The van der Waals surface area contributed by atoms with Gasteiger partial charge in [0, 0.05) is 18.6 Å². The molecule has 2 heterocycles. The molecule has 0 aromatic rings. The Morgan fingerprint density at radius 3 is 2.87 bits per heavy atom. The molecule has 2 saturated heterocycles. The lowest BCUT2D eigenvalue weighted by atomic mass is 10.1. The minimum Gasteiger partial charge on any atom is -0.481 e. The number of fused-ring (bicyclic) bond motifs is 1. The molecule has 2 aliphatic rings. The number of rotatable bonds is 3. The molecule has 15 heavy (non-hydrogen) atoms.